The highest BCUT2D eigenvalue weighted by atomic mass is 32.2. The molecule has 3 heterocycles. The zero-order chi connectivity index (χ0) is 16.5. The molecule has 1 aliphatic heterocycles. The van der Waals surface area contributed by atoms with Gasteiger partial charge in [-0.15, -0.1) is 11.3 Å². The van der Waals surface area contributed by atoms with Crippen LogP contribution in [0.15, 0.2) is 52.9 Å². The van der Waals surface area contributed by atoms with E-state index < -0.39 is 0 Å². The number of benzene rings is 1. The van der Waals surface area contributed by atoms with Gasteiger partial charge in [0.05, 0.1) is 4.91 Å². The van der Waals surface area contributed by atoms with Gasteiger partial charge < -0.3 is 4.57 Å². The van der Waals surface area contributed by atoms with Crippen LogP contribution >= 0.6 is 23.1 Å². The zero-order valence-corrected chi connectivity index (χ0v) is 14.3. The molecule has 0 unspecified atom stereocenters. The topological polar surface area (TPSA) is 51.1 Å². The van der Waals surface area contributed by atoms with Crippen molar-refractivity contribution in [2.24, 2.45) is 0 Å². The van der Waals surface area contributed by atoms with Crippen molar-refractivity contribution in [2.45, 2.75) is 13.0 Å². The van der Waals surface area contributed by atoms with Gasteiger partial charge in [-0.25, -0.2) is 0 Å². The number of nitrogens with one attached hydrogen (secondary N) is 1. The van der Waals surface area contributed by atoms with Crippen LogP contribution in [0.5, 0.6) is 0 Å². The van der Waals surface area contributed by atoms with Gasteiger partial charge >= 0.3 is 0 Å². The molecule has 1 saturated heterocycles. The van der Waals surface area contributed by atoms with Gasteiger partial charge in [-0.3, -0.25) is 14.9 Å². The van der Waals surface area contributed by atoms with Gasteiger partial charge in [0, 0.05) is 28.5 Å². The lowest BCUT2D eigenvalue weighted by Crippen LogP contribution is -2.17. The van der Waals surface area contributed by atoms with E-state index in [4.69, 9.17) is 0 Å². The molecule has 0 bridgehead atoms. The molecule has 0 aliphatic carbocycles. The van der Waals surface area contributed by atoms with Gasteiger partial charge in [-0.1, -0.05) is 18.2 Å². The first kappa shape index (κ1) is 15.2. The molecule has 6 heteroatoms. The number of carbonyl (C=O) groups is 2. The summed E-state index contributed by atoms with van der Waals surface area (Å²) < 4.78 is 2.23. The molecule has 0 spiro atoms. The molecule has 4 nitrogen and oxygen atoms in total. The molecule has 120 valence electrons. The van der Waals surface area contributed by atoms with Crippen molar-refractivity contribution in [1.29, 1.82) is 0 Å². The second kappa shape index (κ2) is 6.30. The Morgan fingerprint density at radius 3 is 2.79 bits per heavy atom. The summed E-state index contributed by atoms with van der Waals surface area (Å²) in [4.78, 5) is 24.9. The van der Waals surface area contributed by atoms with Crippen LogP contribution in [0.3, 0.4) is 0 Å². The third-order valence-electron chi connectivity index (χ3n) is 3.96. The van der Waals surface area contributed by atoms with Gasteiger partial charge in [-0.05, 0) is 53.4 Å². The largest absolute Gasteiger partial charge is 0.347 e. The lowest BCUT2D eigenvalue weighted by Gasteiger charge is -2.05. The summed E-state index contributed by atoms with van der Waals surface area (Å²) in [5.74, 6) is -0.320. The Balaban J connectivity index is 1.65. The van der Waals surface area contributed by atoms with Gasteiger partial charge in [0.1, 0.15) is 0 Å². The van der Waals surface area contributed by atoms with Crippen LogP contribution < -0.4 is 5.32 Å². The van der Waals surface area contributed by atoms with Crippen LogP contribution in [0.1, 0.15) is 10.4 Å². The van der Waals surface area contributed by atoms with E-state index in [0.29, 0.717) is 4.91 Å². The molecule has 0 atom stereocenters. The second-order valence-electron chi connectivity index (χ2n) is 5.47. The Labute approximate surface area is 147 Å². The van der Waals surface area contributed by atoms with Crippen LogP contribution in [0.25, 0.3) is 17.0 Å². The summed E-state index contributed by atoms with van der Waals surface area (Å²) in [7, 11) is 0. The Morgan fingerprint density at radius 1 is 1.12 bits per heavy atom. The van der Waals surface area contributed by atoms with E-state index in [-0.39, 0.29) is 11.1 Å². The third-order valence-corrected chi connectivity index (χ3v) is 5.70. The summed E-state index contributed by atoms with van der Waals surface area (Å²) >= 11 is 2.72. The van der Waals surface area contributed by atoms with E-state index in [1.807, 2.05) is 12.1 Å². The molecular formula is C18H14N2O2S2. The van der Waals surface area contributed by atoms with Crippen LogP contribution in [0.4, 0.5) is 4.79 Å². The van der Waals surface area contributed by atoms with Crippen molar-refractivity contribution in [3.63, 3.8) is 0 Å². The highest BCUT2D eigenvalue weighted by Gasteiger charge is 2.25. The number of hydrogen-bond acceptors (Lipinski definition) is 4. The first-order chi connectivity index (χ1) is 11.7. The average Bonchev–Trinajstić information content (AvgIpc) is 3.27. The Kier molecular flexibility index (Phi) is 4.00. The van der Waals surface area contributed by atoms with E-state index in [2.05, 4.69) is 45.7 Å². The summed E-state index contributed by atoms with van der Waals surface area (Å²) in [5.41, 5.74) is 2.09. The Morgan fingerprint density at radius 2 is 2.04 bits per heavy atom. The fraction of sp³-hybridized carbons (Fsp3) is 0.111. The molecule has 4 rings (SSSR count). The SMILES string of the molecule is O=C1NC(=O)/C(=C/c2cccc3c2ccn3CCc2cccs2)S1. The average molecular weight is 354 g/mol. The number of fused-ring (bicyclic) bond motifs is 1. The maximum Gasteiger partial charge on any atom is 0.290 e. The van der Waals surface area contributed by atoms with E-state index >= 15 is 0 Å². The molecule has 1 aromatic carbocycles. The van der Waals surface area contributed by atoms with Crippen LogP contribution in [0.2, 0.25) is 0 Å². The van der Waals surface area contributed by atoms with Gasteiger partial charge in [-0.2, -0.15) is 0 Å². The molecule has 1 fully saturated rings. The van der Waals surface area contributed by atoms with Crippen molar-refractivity contribution in [3.05, 3.63) is 63.3 Å². The molecule has 2 amide bonds. The van der Waals surface area contributed by atoms with Crippen molar-refractivity contribution in [3.8, 4) is 0 Å². The molecule has 1 aliphatic rings. The fourth-order valence-corrected chi connectivity index (χ4v) is 4.19. The van der Waals surface area contributed by atoms with Gasteiger partial charge in [0.2, 0.25) is 0 Å². The number of nitrogens with zero attached hydrogens (tertiary/aromatic N) is 1. The predicted octanol–water partition coefficient (Wildman–Crippen LogP) is 4.27. The Hall–Kier alpha value is -2.31. The number of imide groups is 1. The molecule has 24 heavy (non-hydrogen) atoms. The maximum atomic E-state index is 11.7. The maximum absolute atomic E-state index is 11.7. The van der Waals surface area contributed by atoms with Gasteiger partial charge in [0.15, 0.2) is 0 Å². The predicted molar refractivity (Wildman–Crippen MR) is 99.1 cm³/mol. The van der Waals surface area contributed by atoms with Crippen LogP contribution in [0, 0.1) is 0 Å². The molecule has 0 radical (unpaired) electrons. The second-order valence-corrected chi connectivity index (χ2v) is 7.52. The summed E-state index contributed by atoms with van der Waals surface area (Å²) in [6.45, 7) is 0.914. The zero-order valence-electron chi connectivity index (χ0n) is 12.7. The highest BCUT2D eigenvalue weighted by molar-refractivity contribution is 8.18. The normalized spacial score (nSPS) is 16.2. The van der Waals surface area contributed by atoms with Crippen LogP contribution in [-0.2, 0) is 17.8 Å². The minimum atomic E-state index is -0.320. The van der Waals surface area contributed by atoms with Crippen molar-refractivity contribution in [1.82, 2.24) is 9.88 Å². The minimum absolute atomic E-state index is 0.313. The Bertz CT molecular complexity index is 955. The molecule has 3 aromatic rings. The van der Waals surface area contributed by atoms with Crippen molar-refractivity contribution < 1.29 is 9.59 Å². The lowest BCUT2D eigenvalue weighted by atomic mass is 10.1. The summed E-state index contributed by atoms with van der Waals surface area (Å²) in [6, 6.07) is 12.3. The number of hydrogen-bond donors (Lipinski definition) is 1. The number of rotatable bonds is 4. The van der Waals surface area contributed by atoms with Crippen LogP contribution in [-0.4, -0.2) is 15.7 Å². The molecule has 2 aromatic heterocycles. The van der Waals surface area contributed by atoms with Crippen molar-refractivity contribution >= 4 is 51.2 Å². The van der Waals surface area contributed by atoms with E-state index in [9.17, 15) is 9.59 Å². The van der Waals surface area contributed by atoms with E-state index in [1.54, 1.807) is 17.4 Å². The standard InChI is InChI=1S/C18H14N2O2S2/c21-17-16(24-18(22)19-17)11-12-3-1-5-15-14(12)7-9-20(15)8-6-13-4-2-10-23-13/h1-5,7,9-11H,6,8H2,(H,19,21,22)/b16-11-. The third kappa shape index (κ3) is 2.90. The quantitative estimate of drug-likeness (QED) is 0.712. The first-order valence-corrected chi connectivity index (χ1v) is 9.25. The molecular weight excluding hydrogens is 340 g/mol. The number of thioether (sulfide) groups is 1. The first-order valence-electron chi connectivity index (χ1n) is 7.56. The minimum Gasteiger partial charge on any atom is -0.347 e. The van der Waals surface area contributed by atoms with Gasteiger partial charge in [0.25, 0.3) is 11.1 Å². The monoisotopic (exact) mass is 354 g/mol. The van der Waals surface area contributed by atoms with E-state index in [1.165, 1.54) is 4.88 Å². The number of amides is 2. The number of aryl methyl sites for hydroxylation is 2. The molecule has 1 N–H and O–H groups in total. The lowest BCUT2D eigenvalue weighted by molar-refractivity contribution is -0.115. The number of thiophene rings is 1. The number of aromatic nitrogens is 1. The fourth-order valence-electron chi connectivity index (χ4n) is 2.82. The number of carbonyl (C=O) groups excluding carboxylic acids is 2. The summed E-state index contributed by atoms with van der Waals surface area (Å²) in [6.07, 6.45) is 4.86. The molecule has 0 saturated carbocycles. The van der Waals surface area contributed by atoms with E-state index in [0.717, 1.165) is 41.2 Å². The highest BCUT2D eigenvalue weighted by Crippen LogP contribution is 2.29. The summed E-state index contributed by atoms with van der Waals surface area (Å²) in [5, 5.41) is 5.16. The van der Waals surface area contributed by atoms with Crippen molar-refractivity contribution in [2.75, 3.05) is 0 Å². The smallest absolute Gasteiger partial charge is 0.290 e.